The maximum absolute atomic E-state index is 12.3. The van der Waals surface area contributed by atoms with Gasteiger partial charge in [-0.2, -0.15) is 4.98 Å². The quantitative estimate of drug-likeness (QED) is 0.884. The molecule has 23 heavy (non-hydrogen) atoms. The average molecular weight is 336 g/mol. The SMILES string of the molecule is CC(=O)N1CCc2cc(S(=O)(=O)NCc3noc(C)n3)ccc21. The van der Waals surface area contributed by atoms with Crippen LogP contribution < -0.4 is 9.62 Å². The van der Waals surface area contributed by atoms with Crippen molar-refractivity contribution < 1.29 is 17.7 Å². The van der Waals surface area contributed by atoms with E-state index in [9.17, 15) is 13.2 Å². The molecule has 0 fully saturated rings. The number of aromatic nitrogens is 2. The average Bonchev–Trinajstić information content (AvgIpc) is 3.10. The van der Waals surface area contributed by atoms with Crippen LogP contribution in [-0.4, -0.2) is 31.0 Å². The lowest BCUT2D eigenvalue weighted by atomic mass is 10.2. The van der Waals surface area contributed by atoms with E-state index in [2.05, 4.69) is 14.9 Å². The maximum atomic E-state index is 12.3. The predicted octanol–water partition coefficient (Wildman–Crippen LogP) is 0.766. The van der Waals surface area contributed by atoms with Crippen molar-refractivity contribution in [1.82, 2.24) is 14.9 Å². The number of amides is 1. The summed E-state index contributed by atoms with van der Waals surface area (Å²) >= 11 is 0. The molecule has 0 radical (unpaired) electrons. The van der Waals surface area contributed by atoms with Crippen molar-refractivity contribution in [1.29, 1.82) is 0 Å². The molecule has 1 aliphatic heterocycles. The monoisotopic (exact) mass is 336 g/mol. The number of benzene rings is 1. The first kappa shape index (κ1) is 15.6. The number of aryl methyl sites for hydroxylation is 1. The van der Waals surface area contributed by atoms with Gasteiger partial charge in [-0.15, -0.1) is 0 Å². The van der Waals surface area contributed by atoms with Crippen LogP contribution in [0.4, 0.5) is 5.69 Å². The van der Waals surface area contributed by atoms with Crippen molar-refractivity contribution in [2.45, 2.75) is 31.7 Å². The molecule has 0 spiro atoms. The van der Waals surface area contributed by atoms with Gasteiger partial charge in [0.25, 0.3) is 0 Å². The molecular formula is C14H16N4O4S. The second-order valence-corrected chi connectivity index (χ2v) is 7.03. The molecule has 2 heterocycles. The molecule has 1 N–H and O–H groups in total. The van der Waals surface area contributed by atoms with Gasteiger partial charge >= 0.3 is 0 Å². The number of fused-ring (bicyclic) bond motifs is 1. The minimum absolute atomic E-state index is 0.0453. The van der Waals surface area contributed by atoms with E-state index in [4.69, 9.17) is 4.52 Å². The summed E-state index contributed by atoms with van der Waals surface area (Å²) in [5, 5.41) is 3.64. The second kappa shape index (κ2) is 5.74. The number of nitrogens with zero attached hydrogens (tertiary/aromatic N) is 3. The summed E-state index contributed by atoms with van der Waals surface area (Å²) in [6.07, 6.45) is 0.641. The van der Waals surface area contributed by atoms with Crippen LogP contribution in [-0.2, 0) is 27.8 Å². The summed E-state index contributed by atoms with van der Waals surface area (Å²) in [6.45, 7) is 3.65. The van der Waals surface area contributed by atoms with Gasteiger partial charge in [-0.25, -0.2) is 13.1 Å². The van der Waals surface area contributed by atoms with Crippen LogP contribution in [0.15, 0.2) is 27.6 Å². The standard InChI is InChI=1S/C14H16N4O4S/c1-9-16-14(17-22-9)8-15-23(20,21)12-3-4-13-11(7-12)5-6-18(13)10(2)19/h3-4,7,15H,5-6,8H2,1-2H3. The van der Waals surface area contributed by atoms with Crippen molar-refractivity contribution in [2.24, 2.45) is 0 Å². The van der Waals surface area contributed by atoms with Crippen molar-refractivity contribution in [3.63, 3.8) is 0 Å². The molecule has 0 aliphatic carbocycles. The van der Waals surface area contributed by atoms with Crippen LogP contribution in [0.3, 0.4) is 0 Å². The third kappa shape index (κ3) is 3.10. The molecule has 0 saturated heterocycles. The van der Waals surface area contributed by atoms with Gasteiger partial charge in [-0.05, 0) is 30.2 Å². The van der Waals surface area contributed by atoms with Crippen molar-refractivity contribution in [3.8, 4) is 0 Å². The van der Waals surface area contributed by atoms with Gasteiger partial charge in [-0.1, -0.05) is 5.16 Å². The zero-order valence-corrected chi connectivity index (χ0v) is 13.6. The molecule has 0 unspecified atom stereocenters. The van der Waals surface area contributed by atoms with Crippen LogP contribution in [0.2, 0.25) is 0 Å². The van der Waals surface area contributed by atoms with E-state index in [1.54, 1.807) is 24.0 Å². The summed E-state index contributed by atoms with van der Waals surface area (Å²) in [7, 11) is -3.68. The van der Waals surface area contributed by atoms with Crippen LogP contribution in [0.25, 0.3) is 0 Å². The number of hydrogen-bond acceptors (Lipinski definition) is 6. The predicted molar refractivity (Wildman–Crippen MR) is 81.2 cm³/mol. The highest BCUT2D eigenvalue weighted by Crippen LogP contribution is 2.30. The molecule has 2 aromatic rings. The zero-order chi connectivity index (χ0) is 16.6. The third-order valence-corrected chi connectivity index (χ3v) is 5.03. The molecule has 0 saturated carbocycles. The summed E-state index contributed by atoms with van der Waals surface area (Å²) in [5.74, 6) is 0.598. The molecule has 0 atom stereocenters. The fourth-order valence-electron chi connectivity index (χ4n) is 2.53. The Labute approximate surface area is 133 Å². The van der Waals surface area contributed by atoms with Gasteiger partial charge in [0.05, 0.1) is 11.4 Å². The molecule has 0 bridgehead atoms. The minimum atomic E-state index is -3.68. The number of rotatable bonds is 4. The van der Waals surface area contributed by atoms with Crippen molar-refractivity contribution in [2.75, 3.05) is 11.4 Å². The van der Waals surface area contributed by atoms with Gasteiger partial charge in [0.1, 0.15) is 0 Å². The van der Waals surface area contributed by atoms with E-state index in [-0.39, 0.29) is 23.2 Å². The molecular weight excluding hydrogens is 320 g/mol. The number of sulfonamides is 1. The normalized spacial score (nSPS) is 14.1. The number of nitrogens with one attached hydrogen (secondary N) is 1. The maximum Gasteiger partial charge on any atom is 0.240 e. The fraction of sp³-hybridized carbons (Fsp3) is 0.357. The Morgan fingerprint density at radius 3 is 2.87 bits per heavy atom. The van der Waals surface area contributed by atoms with Crippen LogP contribution in [0.5, 0.6) is 0 Å². The molecule has 3 rings (SSSR count). The third-order valence-electron chi connectivity index (χ3n) is 3.63. The minimum Gasteiger partial charge on any atom is -0.340 e. The van der Waals surface area contributed by atoms with Gasteiger partial charge in [-0.3, -0.25) is 4.79 Å². The Balaban J connectivity index is 1.80. The number of anilines is 1. The molecule has 1 amide bonds. The molecule has 1 aromatic heterocycles. The molecule has 122 valence electrons. The molecule has 9 heteroatoms. The Kier molecular flexibility index (Phi) is 3.90. The summed E-state index contributed by atoms with van der Waals surface area (Å²) < 4.78 is 31.9. The molecule has 8 nitrogen and oxygen atoms in total. The van der Waals surface area contributed by atoms with E-state index in [0.29, 0.717) is 18.9 Å². The first-order valence-corrected chi connectivity index (χ1v) is 8.55. The van der Waals surface area contributed by atoms with Gasteiger partial charge in [0.15, 0.2) is 5.82 Å². The highest BCUT2D eigenvalue weighted by molar-refractivity contribution is 7.89. The number of carbonyl (C=O) groups excluding carboxylic acids is 1. The Morgan fingerprint density at radius 2 is 2.22 bits per heavy atom. The lowest BCUT2D eigenvalue weighted by Gasteiger charge is -2.15. The summed E-state index contributed by atoms with van der Waals surface area (Å²) in [5.41, 5.74) is 1.61. The summed E-state index contributed by atoms with van der Waals surface area (Å²) in [6, 6.07) is 4.75. The van der Waals surface area contributed by atoms with Gasteiger partial charge < -0.3 is 9.42 Å². The van der Waals surface area contributed by atoms with E-state index < -0.39 is 10.0 Å². The van der Waals surface area contributed by atoms with E-state index >= 15 is 0 Å². The van der Waals surface area contributed by atoms with Gasteiger partial charge in [0, 0.05) is 26.1 Å². The lowest BCUT2D eigenvalue weighted by molar-refractivity contribution is -0.116. The van der Waals surface area contributed by atoms with E-state index in [1.165, 1.54) is 13.0 Å². The zero-order valence-electron chi connectivity index (χ0n) is 12.7. The Bertz CT molecular complexity index is 859. The van der Waals surface area contributed by atoms with Crippen molar-refractivity contribution in [3.05, 3.63) is 35.5 Å². The smallest absolute Gasteiger partial charge is 0.240 e. The van der Waals surface area contributed by atoms with Crippen molar-refractivity contribution >= 4 is 21.6 Å². The molecule has 1 aromatic carbocycles. The highest BCUT2D eigenvalue weighted by atomic mass is 32.2. The highest BCUT2D eigenvalue weighted by Gasteiger charge is 2.24. The number of hydrogen-bond donors (Lipinski definition) is 1. The van der Waals surface area contributed by atoms with E-state index in [1.807, 2.05) is 0 Å². The Hall–Kier alpha value is -2.26. The largest absolute Gasteiger partial charge is 0.340 e. The summed E-state index contributed by atoms with van der Waals surface area (Å²) in [4.78, 5) is 17.3. The van der Waals surface area contributed by atoms with Crippen LogP contribution >= 0.6 is 0 Å². The van der Waals surface area contributed by atoms with Crippen LogP contribution in [0.1, 0.15) is 24.2 Å². The first-order chi connectivity index (χ1) is 10.9. The molecule has 1 aliphatic rings. The lowest BCUT2D eigenvalue weighted by Crippen LogP contribution is -2.26. The Morgan fingerprint density at radius 1 is 1.43 bits per heavy atom. The van der Waals surface area contributed by atoms with E-state index in [0.717, 1.165) is 11.3 Å². The first-order valence-electron chi connectivity index (χ1n) is 7.07. The fourth-order valence-corrected chi connectivity index (χ4v) is 3.56. The topological polar surface area (TPSA) is 105 Å². The number of carbonyl (C=O) groups is 1. The van der Waals surface area contributed by atoms with Crippen LogP contribution in [0, 0.1) is 6.92 Å². The van der Waals surface area contributed by atoms with Gasteiger partial charge in [0.2, 0.25) is 21.8 Å². The second-order valence-electron chi connectivity index (χ2n) is 5.27.